The molecule has 0 aromatic heterocycles. The quantitative estimate of drug-likeness (QED) is 0.564. The smallest absolute Gasteiger partial charge is 0.319 e. The number of amides is 2. The lowest BCUT2D eigenvalue weighted by Gasteiger charge is -2.12. The molecule has 1 aromatic carbocycles. The number of hydrogen-bond donors (Lipinski definition) is 3. The van der Waals surface area contributed by atoms with Crippen LogP contribution in [0, 0.1) is 21.3 Å². The topological polar surface area (TPSA) is 122 Å². The molecule has 0 radical (unpaired) electrons. The lowest BCUT2D eigenvalue weighted by atomic mass is 10.1. The highest BCUT2D eigenvalue weighted by Crippen LogP contribution is 2.45. The second-order valence-corrected chi connectivity index (χ2v) is 4.85. The van der Waals surface area contributed by atoms with Gasteiger partial charge in [0.2, 0.25) is 0 Å². The minimum Gasteiger partial charge on any atom is -0.481 e. The third-order valence-electron chi connectivity index (χ3n) is 3.25. The van der Waals surface area contributed by atoms with Crippen molar-refractivity contribution in [3.63, 3.8) is 0 Å². The monoisotopic (exact) mass is 297 g/mol. The Morgan fingerprint density at radius 2 is 2.05 bits per heavy atom. The summed E-state index contributed by atoms with van der Waals surface area (Å²) in [5, 5.41) is 24.1. The molecular weight excluding hydrogens is 285 g/mol. The summed E-state index contributed by atoms with van der Waals surface area (Å²) in [6.45, 7) is -0.0500. The van der Waals surface area contributed by atoms with Gasteiger partial charge in [0.15, 0.2) is 0 Å². The number of hydrogen-bond acceptors (Lipinski definition) is 4. The Hall–Kier alpha value is -2.71. The van der Waals surface area contributed by atoms with Crippen LogP contribution < -0.4 is 10.6 Å². The first-order chi connectivity index (χ1) is 9.82. The second kappa shape index (κ2) is 5.35. The van der Waals surface area contributed by atoms with Gasteiger partial charge in [-0.3, -0.25) is 14.9 Å². The molecule has 1 aromatic rings. The fourth-order valence-electron chi connectivity index (χ4n) is 1.79. The Labute approximate surface area is 118 Å². The first kappa shape index (κ1) is 14.7. The number of nitro benzene ring substituents is 1. The molecule has 2 rings (SSSR count). The Morgan fingerprint density at radius 1 is 1.38 bits per heavy atom. The SMILES string of the molecule is O=C(NCC1(C(=O)O)CC1)Nc1cc(F)cc([N+](=O)[O-])c1. The van der Waals surface area contributed by atoms with E-state index in [-0.39, 0.29) is 12.2 Å². The number of benzene rings is 1. The zero-order valence-electron chi connectivity index (χ0n) is 10.8. The molecule has 8 nitrogen and oxygen atoms in total. The van der Waals surface area contributed by atoms with E-state index < -0.39 is 33.8 Å². The minimum absolute atomic E-state index is 0.0500. The van der Waals surface area contributed by atoms with Crippen LogP contribution in [0.1, 0.15) is 12.8 Å². The Balaban J connectivity index is 1.97. The number of nitrogens with one attached hydrogen (secondary N) is 2. The second-order valence-electron chi connectivity index (χ2n) is 4.85. The average Bonchev–Trinajstić information content (AvgIpc) is 3.16. The standard InChI is InChI=1S/C12H12FN3O5/c13-7-3-8(5-9(4-7)16(20)21)15-11(19)14-6-12(1-2-12)10(17)18/h3-5H,1-2,6H2,(H,17,18)(H2,14,15,19). The highest BCUT2D eigenvalue weighted by Gasteiger charge is 2.50. The molecule has 0 atom stereocenters. The van der Waals surface area contributed by atoms with Gasteiger partial charge in [0, 0.05) is 12.6 Å². The molecule has 0 aliphatic heterocycles. The van der Waals surface area contributed by atoms with Crippen LogP contribution in [0.25, 0.3) is 0 Å². The molecule has 1 fully saturated rings. The van der Waals surface area contributed by atoms with E-state index in [1.807, 2.05) is 0 Å². The molecule has 1 aliphatic rings. The predicted molar refractivity (Wildman–Crippen MR) is 69.4 cm³/mol. The number of carboxylic acid groups (broad SMARTS) is 1. The normalized spacial score (nSPS) is 15.1. The molecule has 0 spiro atoms. The van der Waals surface area contributed by atoms with Gasteiger partial charge in [-0.25, -0.2) is 9.18 Å². The molecule has 2 amide bonds. The van der Waals surface area contributed by atoms with Crippen LogP contribution in [0.4, 0.5) is 20.6 Å². The van der Waals surface area contributed by atoms with Crippen molar-refractivity contribution in [3.8, 4) is 0 Å². The zero-order chi connectivity index (χ0) is 15.6. The Bertz CT molecular complexity index is 615. The number of carbonyl (C=O) groups is 2. The fourth-order valence-corrected chi connectivity index (χ4v) is 1.79. The number of nitro groups is 1. The third-order valence-corrected chi connectivity index (χ3v) is 3.25. The lowest BCUT2D eigenvalue weighted by Crippen LogP contribution is -2.36. The molecule has 0 saturated heterocycles. The van der Waals surface area contributed by atoms with E-state index in [9.17, 15) is 24.1 Å². The molecule has 1 saturated carbocycles. The van der Waals surface area contributed by atoms with Crippen molar-refractivity contribution in [2.75, 3.05) is 11.9 Å². The Morgan fingerprint density at radius 3 is 2.57 bits per heavy atom. The summed E-state index contributed by atoms with van der Waals surface area (Å²) < 4.78 is 13.2. The molecule has 112 valence electrons. The van der Waals surface area contributed by atoms with Crippen molar-refractivity contribution in [2.45, 2.75) is 12.8 Å². The summed E-state index contributed by atoms with van der Waals surface area (Å²) in [4.78, 5) is 32.3. The van der Waals surface area contributed by atoms with Gasteiger partial charge >= 0.3 is 12.0 Å². The number of aliphatic carboxylic acids is 1. The molecule has 3 N–H and O–H groups in total. The van der Waals surface area contributed by atoms with Crippen molar-refractivity contribution in [1.82, 2.24) is 5.32 Å². The van der Waals surface area contributed by atoms with Gasteiger partial charge in [0.1, 0.15) is 5.82 Å². The van der Waals surface area contributed by atoms with Crippen LogP contribution in [0.5, 0.6) is 0 Å². The largest absolute Gasteiger partial charge is 0.481 e. The first-order valence-corrected chi connectivity index (χ1v) is 6.06. The Kier molecular flexibility index (Phi) is 3.74. The molecular formula is C12H12FN3O5. The van der Waals surface area contributed by atoms with E-state index in [0.29, 0.717) is 12.8 Å². The fraction of sp³-hybridized carbons (Fsp3) is 0.333. The number of carboxylic acids is 1. The van der Waals surface area contributed by atoms with Crippen LogP contribution in [-0.4, -0.2) is 28.6 Å². The maximum absolute atomic E-state index is 13.2. The van der Waals surface area contributed by atoms with Gasteiger partial charge in [0.25, 0.3) is 5.69 Å². The highest BCUT2D eigenvalue weighted by atomic mass is 19.1. The summed E-state index contributed by atoms with van der Waals surface area (Å²) in [5.74, 6) is -1.84. The van der Waals surface area contributed by atoms with Gasteiger partial charge in [-0.05, 0) is 18.9 Å². The molecule has 9 heteroatoms. The number of carbonyl (C=O) groups excluding carboxylic acids is 1. The zero-order valence-corrected chi connectivity index (χ0v) is 10.8. The van der Waals surface area contributed by atoms with Crippen molar-refractivity contribution < 1.29 is 24.0 Å². The van der Waals surface area contributed by atoms with E-state index in [1.165, 1.54) is 0 Å². The van der Waals surface area contributed by atoms with Crippen molar-refractivity contribution in [2.24, 2.45) is 5.41 Å². The van der Waals surface area contributed by atoms with Crippen LogP contribution in [0.15, 0.2) is 18.2 Å². The molecule has 1 aliphatic carbocycles. The molecule has 0 bridgehead atoms. The lowest BCUT2D eigenvalue weighted by molar-refractivity contribution is -0.385. The molecule has 21 heavy (non-hydrogen) atoms. The number of non-ortho nitro benzene ring substituents is 1. The van der Waals surface area contributed by atoms with Crippen molar-refractivity contribution >= 4 is 23.4 Å². The summed E-state index contributed by atoms with van der Waals surface area (Å²) in [5.41, 5.74) is -1.50. The van der Waals surface area contributed by atoms with Gasteiger partial charge in [-0.15, -0.1) is 0 Å². The number of nitrogens with zero attached hydrogens (tertiary/aromatic N) is 1. The average molecular weight is 297 g/mol. The van der Waals surface area contributed by atoms with E-state index in [0.717, 1.165) is 18.2 Å². The maximum atomic E-state index is 13.2. The van der Waals surface area contributed by atoms with Crippen LogP contribution in [-0.2, 0) is 4.79 Å². The third kappa shape index (κ3) is 3.44. The van der Waals surface area contributed by atoms with Gasteiger partial charge < -0.3 is 15.7 Å². The summed E-state index contributed by atoms with van der Waals surface area (Å²) >= 11 is 0. The summed E-state index contributed by atoms with van der Waals surface area (Å²) in [6.07, 6.45) is 0.960. The van der Waals surface area contributed by atoms with E-state index in [4.69, 9.17) is 5.11 Å². The number of urea groups is 1. The molecule has 0 unspecified atom stereocenters. The number of rotatable bonds is 5. The van der Waals surface area contributed by atoms with E-state index in [2.05, 4.69) is 10.6 Å². The summed E-state index contributed by atoms with van der Waals surface area (Å²) in [7, 11) is 0. The van der Waals surface area contributed by atoms with E-state index in [1.54, 1.807) is 0 Å². The predicted octanol–water partition coefficient (Wildman–Crippen LogP) is 1.72. The van der Waals surface area contributed by atoms with Crippen LogP contribution >= 0.6 is 0 Å². The van der Waals surface area contributed by atoms with Gasteiger partial charge in [-0.2, -0.15) is 0 Å². The minimum atomic E-state index is -0.982. The van der Waals surface area contributed by atoms with Crippen molar-refractivity contribution in [1.29, 1.82) is 0 Å². The van der Waals surface area contributed by atoms with Gasteiger partial charge in [0.05, 0.1) is 22.1 Å². The maximum Gasteiger partial charge on any atom is 0.319 e. The van der Waals surface area contributed by atoms with Crippen LogP contribution in [0.3, 0.4) is 0 Å². The van der Waals surface area contributed by atoms with Crippen molar-refractivity contribution in [3.05, 3.63) is 34.1 Å². The number of halogens is 1. The molecule has 0 heterocycles. The number of anilines is 1. The summed E-state index contributed by atoms with van der Waals surface area (Å²) in [6, 6.07) is 1.92. The highest BCUT2D eigenvalue weighted by molar-refractivity contribution is 5.90. The van der Waals surface area contributed by atoms with Gasteiger partial charge in [-0.1, -0.05) is 0 Å². The first-order valence-electron chi connectivity index (χ1n) is 6.06. The van der Waals surface area contributed by atoms with Crippen LogP contribution in [0.2, 0.25) is 0 Å². The van der Waals surface area contributed by atoms with E-state index >= 15 is 0 Å².